The molecule has 0 aliphatic heterocycles. The number of rotatable bonds is 10. The molecule has 0 saturated heterocycles. The number of hydrogen-bond acceptors (Lipinski definition) is 6. The standard InChI is InChI=1S/C25H29NO6/c1-7-8-18-13-19(14-21(30-5)23(18)31-6)25(29)32-16(4)22(27)17-9-11-20(12-10-17)26-24(28)15(2)3/h7,9-16H,1,8H2,2-6H3,(H,26,28). The number of ether oxygens (including phenoxy) is 3. The van der Waals surface area contributed by atoms with Crippen molar-refractivity contribution in [3.63, 3.8) is 0 Å². The third-order valence-electron chi connectivity index (χ3n) is 4.77. The molecule has 1 N–H and O–H groups in total. The summed E-state index contributed by atoms with van der Waals surface area (Å²) in [5, 5.41) is 2.76. The number of esters is 1. The highest BCUT2D eigenvalue weighted by Crippen LogP contribution is 2.33. The molecule has 0 aromatic heterocycles. The molecule has 2 aromatic carbocycles. The molecule has 170 valence electrons. The van der Waals surface area contributed by atoms with E-state index >= 15 is 0 Å². The number of nitrogens with one attached hydrogen (secondary N) is 1. The van der Waals surface area contributed by atoms with Gasteiger partial charge in [-0.3, -0.25) is 9.59 Å². The van der Waals surface area contributed by atoms with Crippen LogP contribution < -0.4 is 14.8 Å². The summed E-state index contributed by atoms with van der Waals surface area (Å²) in [6.07, 6.45) is 1.15. The van der Waals surface area contributed by atoms with Crippen LogP contribution in [0.2, 0.25) is 0 Å². The predicted octanol–water partition coefficient (Wildman–Crippen LogP) is 4.46. The van der Waals surface area contributed by atoms with Crippen LogP contribution >= 0.6 is 0 Å². The lowest BCUT2D eigenvalue weighted by molar-refractivity contribution is -0.118. The van der Waals surface area contributed by atoms with Gasteiger partial charge in [0.1, 0.15) is 0 Å². The summed E-state index contributed by atoms with van der Waals surface area (Å²) in [6.45, 7) is 8.82. The number of methoxy groups -OCH3 is 2. The number of amides is 1. The molecular weight excluding hydrogens is 410 g/mol. The number of hydrogen-bond donors (Lipinski definition) is 1. The van der Waals surface area contributed by atoms with Crippen LogP contribution in [0.4, 0.5) is 5.69 Å². The fourth-order valence-corrected chi connectivity index (χ4v) is 2.99. The van der Waals surface area contributed by atoms with Crippen molar-refractivity contribution in [3.8, 4) is 11.5 Å². The fourth-order valence-electron chi connectivity index (χ4n) is 2.99. The van der Waals surface area contributed by atoms with Crippen molar-refractivity contribution in [1.29, 1.82) is 0 Å². The zero-order chi connectivity index (χ0) is 23.8. The van der Waals surface area contributed by atoms with E-state index in [0.29, 0.717) is 34.7 Å². The van der Waals surface area contributed by atoms with E-state index in [4.69, 9.17) is 14.2 Å². The second-order valence-corrected chi connectivity index (χ2v) is 7.50. The molecule has 2 aromatic rings. The quantitative estimate of drug-likeness (QED) is 0.334. The Morgan fingerprint density at radius 3 is 2.19 bits per heavy atom. The van der Waals surface area contributed by atoms with E-state index < -0.39 is 12.1 Å². The van der Waals surface area contributed by atoms with Gasteiger partial charge in [0.25, 0.3) is 0 Å². The summed E-state index contributed by atoms with van der Waals surface area (Å²) < 4.78 is 16.1. The lowest BCUT2D eigenvalue weighted by atomic mass is 10.0. The maximum atomic E-state index is 12.7. The summed E-state index contributed by atoms with van der Waals surface area (Å²) in [6, 6.07) is 9.59. The van der Waals surface area contributed by atoms with Gasteiger partial charge in [-0.15, -0.1) is 6.58 Å². The molecule has 0 aliphatic carbocycles. The Kier molecular flexibility index (Phi) is 8.58. The number of anilines is 1. The number of allylic oxidation sites excluding steroid dienone is 1. The average Bonchev–Trinajstić information content (AvgIpc) is 2.78. The van der Waals surface area contributed by atoms with Gasteiger partial charge in [0, 0.05) is 22.7 Å². The molecule has 1 atom stereocenters. The highest BCUT2D eigenvalue weighted by molar-refractivity contribution is 6.02. The summed E-state index contributed by atoms with van der Waals surface area (Å²) >= 11 is 0. The molecule has 0 saturated carbocycles. The van der Waals surface area contributed by atoms with Crippen molar-refractivity contribution in [3.05, 3.63) is 65.7 Å². The van der Waals surface area contributed by atoms with Crippen LogP contribution in [-0.4, -0.2) is 38.0 Å². The Bertz CT molecular complexity index is 994. The van der Waals surface area contributed by atoms with Gasteiger partial charge >= 0.3 is 5.97 Å². The first-order chi connectivity index (χ1) is 15.2. The van der Waals surface area contributed by atoms with Crippen molar-refractivity contribution < 1.29 is 28.6 Å². The lowest BCUT2D eigenvalue weighted by Crippen LogP contribution is -2.24. The molecule has 7 heteroatoms. The minimum Gasteiger partial charge on any atom is -0.493 e. The fraction of sp³-hybridized carbons (Fsp3) is 0.320. The first-order valence-corrected chi connectivity index (χ1v) is 10.2. The zero-order valence-electron chi connectivity index (χ0n) is 19.1. The summed E-state index contributed by atoms with van der Waals surface area (Å²) in [4.78, 5) is 37.2. The van der Waals surface area contributed by atoms with E-state index in [1.54, 1.807) is 50.3 Å². The normalized spacial score (nSPS) is 11.4. The topological polar surface area (TPSA) is 90.9 Å². The molecule has 7 nitrogen and oxygen atoms in total. The van der Waals surface area contributed by atoms with Crippen LogP contribution in [0.1, 0.15) is 47.1 Å². The third-order valence-corrected chi connectivity index (χ3v) is 4.77. The van der Waals surface area contributed by atoms with Crippen LogP contribution in [-0.2, 0) is 16.0 Å². The largest absolute Gasteiger partial charge is 0.493 e. The number of carbonyl (C=O) groups is 3. The van der Waals surface area contributed by atoms with Crippen molar-refractivity contribution in [2.75, 3.05) is 19.5 Å². The van der Waals surface area contributed by atoms with Gasteiger partial charge in [0.2, 0.25) is 11.7 Å². The first-order valence-electron chi connectivity index (χ1n) is 10.2. The van der Waals surface area contributed by atoms with Crippen molar-refractivity contribution in [2.24, 2.45) is 5.92 Å². The van der Waals surface area contributed by atoms with Crippen LogP contribution in [0.3, 0.4) is 0 Å². The molecule has 0 bridgehead atoms. The second-order valence-electron chi connectivity index (χ2n) is 7.50. The maximum Gasteiger partial charge on any atom is 0.338 e. The Balaban J connectivity index is 2.14. The molecule has 1 unspecified atom stereocenters. The lowest BCUT2D eigenvalue weighted by Gasteiger charge is -2.16. The number of Topliss-reactive ketones (excluding diaryl/α,β-unsaturated/α-hetero) is 1. The van der Waals surface area contributed by atoms with Gasteiger partial charge in [0.15, 0.2) is 17.6 Å². The van der Waals surface area contributed by atoms with E-state index in [2.05, 4.69) is 11.9 Å². The molecule has 32 heavy (non-hydrogen) atoms. The van der Waals surface area contributed by atoms with Gasteiger partial charge in [0.05, 0.1) is 19.8 Å². The highest BCUT2D eigenvalue weighted by atomic mass is 16.5. The zero-order valence-corrected chi connectivity index (χ0v) is 19.1. The molecule has 0 radical (unpaired) electrons. The Morgan fingerprint density at radius 2 is 1.66 bits per heavy atom. The minimum atomic E-state index is -1.01. The van der Waals surface area contributed by atoms with Crippen LogP contribution in [0.15, 0.2) is 49.1 Å². The molecule has 1 amide bonds. The number of ketones is 1. The van der Waals surface area contributed by atoms with E-state index in [-0.39, 0.29) is 23.2 Å². The molecular formula is C25H29NO6. The van der Waals surface area contributed by atoms with E-state index in [1.165, 1.54) is 27.2 Å². The average molecular weight is 440 g/mol. The SMILES string of the molecule is C=CCc1cc(C(=O)OC(C)C(=O)c2ccc(NC(=O)C(C)C)cc2)cc(OC)c1OC. The van der Waals surface area contributed by atoms with Gasteiger partial charge in [-0.1, -0.05) is 19.9 Å². The van der Waals surface area contributed by atoms with Gasteiger partial charge < -0.3 is 19.5 Å². The van der Waals surface area contributed by atoms with Gasteiger partial charge in [-0.05, 0) is 49.7 Å². The van der Waals surface area contributed by atoms with Crippen LogP contribution in [0.25, 0.3) is 0 Å². The predicted molar refractivity (Wildman–Crippen MR) is 123 cm³/mol. The van der Waals surface area contributed by atoms with E-state index in [1.807, 2.05) is 0 Å². The molecule has 2 rings (SSSR count). The van der Waals surface area contributed by atoms with Crippen molar-refractivity contribution in [1.82, 2.24) is 0 Å². The third kappa shape index (κ3) is 5.97. The van der Waals surface area contributed by atoms with Crippen molar-refractivity contribution in [2.45, 2.75) is 33.3 Å². The van der Waals surface area contributed by atoms with Crippen molar-refractivity contribution >= 4 is 23.3 Å². The number of benzene rings is 2. The summed E-state index contributed by atoms with van der Waals surface area (Å²) in [5.41, 5.74) is 1.91. The monoisotopic (exact) mass is 439 g/mol. The summed E-state index contributed by atoms with van der Waals surface area (Å²) in [7, 11) is 2.99. The second kappa shape index (κ2) is 11.1. The van der Waals surface area contributed by atoms with Crippen LogP contribution in [0.5, 0.6) is 11.5 Å². The number of carbonyl (C=O) groups excluding carboxylic acids is 3. The molecule has 0 aliphatic rings. The van der Waals surface area contributed by atoms with E-state index in [0.717, 1.165) is 0 Å². The first kappa shape index (κ1) is 24.7. The van der Waals surface area contributed by atoms with Gasteiger partial charge in [-0.2, -0.15) is 0 Å². The Labute approximate surface area is 188 Å². The Hall–Kier alpha value is -3.61. The van der Waals surface area contributed by atoms with Crippen LogP contribution in [0, 0.1) is 5.92 Å². The minimum absolute atomic E-state index is 0.114. The molecule has 0 spiro atoms. The maximum absolute atomic E-state index is 12.7. The Morgan fingerprint density at radius 1 is 1.00 bits per heavy atom. The van der Waals surface area contributed by atoms with E-state index in [9.17, 15) is 14.4 Å². The smallest absolute Gasteiger partial charge is 0.338 e. The summed E-state index contributed by atoms with van der Waals surface area (Å²) in [5.74, 6) is -0.379. The van der Waals surface area contributed by atoms with Gasteiger partial charge in [-0.25, -0.2) is 4.79 Å². The highest BCUT2D eigenvalue weighted by Gasteiger charge is 2.23. The molecule has 0 heterocycles. The molecule has 0 fully saturated rings.